The molecule has 0 atom stereocenters. The first-order valence-electron chi connectivity index (χ1n) is 3.46. The van der Waals surface area contributed by atoms with Crippen LogP contribution >= 0.6 is 11.3 Å². The van der Waals surface area contributed by atoms with Gasteiger partial charge < -0.3 is 9.67 Å². The third-order valence-electron chi connectivity index (χ3n) is 1.78. The normalized spacial score (nSPS) is 10.8. The van der Waals surface area contributed by atoms with Gasteiger partial charge in [-0.1, -0.05) is 0 Å². The molecule has 3 nitrogen and oxygen atoms in total. The number of carboxylic acid groups (broad SMARTS) is 1. The number of thiophene rings is 1. The minimum absolute atomic E-state index is 0.399. The topological polar surface area (TPSA) is 42.2 Å². The molecule has 2 aromatic rings. The highest BCUT2D eigenvalue weighted by Gasteiger charge is 2.09. The summed E-state index contributed by atoms with van der Waals surface area (Å²) in [4.78, 5) is 11.0. The molecule has 2 heterocycles. The summed E-state index contributed by atoms with van der Waals surface area (Å²) in [5.41, 5.74) is 0.984. The Morgan fingerprint density at radius 3 is 3.00 bits per heavy atom. The number of carboxylic acids is 1. The van der Waals surface area contributed by atoms with Gasteiger partial charge in [0.05, 0.1) is 10.2 Å². The van der Waals surface area contributed by atoms with Gasteiger partial charge in [-0.2, -0.15) is 0 Å². The number of nitrogens with zero attached hydrogens (tertiary/aromatic N) is 1. The summed E-state index contributed by atoms with van der Waals surface area (Å²) in [6.45, 7) is 0. The largest absolute Gasteiger partial charge is 0.477 e. The highest BCUT2D eigenvalue weighted by molar-refractivity contribution is 7.20. The lowest BCUT2D eigenvalue weighted by atomic mass is 10.4. The van der Waals surface area contributed by atoms with Crippen LogP contribution in [-0.2, 0) is 7.05 Å². The van der Waals surface area contributed by atoms with Crippen LogP contribution in [0.15, 0.2) is 18.3 Å². The van der Waals surface area contributed by atoms with Crippen LogP contribution in [-0.4, -0.2) is 15.6 Å². The van der Waals surface area contributed by atoms with E-state index in [1.165, 1.54) is 11.3 Å². The molecule has 12 heavy (non-hydrogen) atoms. The van der Waals surface area contributed by atoms with Gasteiger partial charge in [-0.05, 0) is 12.1 Å². The molecule has 0 aliphatic rings. The van der Waals surface area contributed by atoms with Gasteiger partial charge in [-0.3, -0.25) is 0 Å². The second-order valence-corrected chi connectivity index (χ2v) is 3.68. The van der Waals surface area contributed by atoms with Crippen molar-refractivity contribution in [3.63, 3.8) is 0 Å². The Balaban J connectivity index is 2.70. The predicted molar refractivity (Wildman–Crippen MR) is 47.8 cm³/mol. The number of aromatic carboxylic acids is 1. The maximum atomic E-state index is 10.6. The fourth-order valence-corrected chi connectivity index (χ4v) is 2.09. The van der Waals surface area contributed by atoms with Gasteiger partial charge in [0.1, 0.15) is 4.88 Å². The standard InChI is InChI=1S/C8H7NO2S/c1-9-3-2-6-5(9)4-7(12-6)8(10)11/h2-4H,1H3,(H,10,11). The van der Waals surface area contributed by atoms with Crippen LogP contribution in [0.3, 0.4) is 0 Å². The Bertz CT molecular complexity index is 441. The lowest BCUT2D eigenvalue weighted by Crippen LogP contribution is -1.90. The van der Waals surface area contributed by atoms with E-state index >= 15 is 0 Å². The van der Waals surface area contributed by atoms with Gasteiger partial charge in [0, 0.05) is 13.2 Å². The van der Waals surface area contributed by atoms with E-state index in [4.69, 9.17) is 5.11 Å². The van der Waals surface area contributed by atoms with E-state index in [0.29, 0.717) is 4.88 Å². The third-order valence-corrected chi connectivity index (χ3v) is 2.86. The number of rotatable bonds is 1. The van der Waals surface area contributed by atoms with E-state index in [1.54, 1.807) is 6.07 Å². The highest BCUT2D eigenvalue weighted by atomic mass is 32.1. The summed E-state index contributed by atoms with van der Waals surface area (Å²) < 4.78 is 2.94. The molecule has 0 radical (unpaired) electrons. The average Bonchev–Trinajstić information content (AvgIpc) is 2.53. The van der Waals surface area contributed by atoms with Crippen molar-refractivity contribution < 1.29 is 9.90 Å². The Labute approximate surface area is 72.9 Å². The zero-order valence-electron chi connectivity index (χ0n) is 6.44. The van der Waals surface area contributed by atoms with Crippen LogP contribution in [0.2, 0.25) is 0 Å². The van der Waals surface area contributed by atoms with Crippen molar-refractivity contribution in [3.8, 4) is 0 Å². The first-order chi connectivity index (χ1) is 5.68. The maximum absolute atomic E-state index is 10.6. The molecule has 0 saturated heterocycles. The van der Waals surface area contributed by atoms with E-state index in [0.717, 1.165) is 10.2 Å². The minimum Gasteiger partial charge on any atom is -0.477 e. The minimum atomic E-state index is -0.851. The van der Waals surface area contributed by atoms with E-state index < -0.39 is 5.97 Å². The maximum Gasteiger partial charge on any atom is 0.345 e. The molecule has 2 aromatic heterocycles. The van der Waals surface area contributed by atoms with Crippen LogP contribution in [0, 0.1) is 0 Å². The van der Waals surface area contributed by atoms with Crippen molar-refractivity contribution >= 4 is 27.5 Å². The number of aryl methyl sites for hydroxylation is 1. The number of carbonyl (C=O) groups is 1. The zero-order chi connectivity index (χ0) is 8.72. The molecular formula is C8H7NO2S. The summed E-state index contributed by atoms with van der Waals surface area (Å²) >= 11 is 1.31. The lowest BCUT2D eigenvalue weighted by molar-refractivity contribution is 0.0702. The SMILES string of the molecule is Cn1ccc2sc(C(=O)O)cc21. The predicted octanol–water partition coefficient (Wildman–Crippen LogP) is 1.94. The molecule has 0 bridgehead atoms. The van der Waals surface area contributed by atoms with Crippen LogP contribution in [0.5, 0.6) is 0 Å². The summed E-state index contributed by atoms with van der Waals surface area (Å²) in [7, 11) is 1.90. The summed E-state index contributed by atoms with van der Waals surface area (Å²) in [5.74, 6) is -0.851. The van der Waals surface area contributed by atoms with Gasteiger partial charge in [-0.25, -0.2) is 4.79 Å². The molecule has 0 unspecified atom stereocenters. The molecule has 0 aliphatic carbocycles. The van der Waals surface area contributed by atoms with E-state index in [9.17, 15) is 4.79 Å². The second kappa shape index (κ2) is 2.35. The van der Waals surface area contributed by atoms with Crippen LogP contribution in [0.1, 0.15) is 9.67 Å². The van der Waals surface area contributed by atoms with Gasteiger partial charge in [0.2, 0.25) is 0 Å². The van der Waals surface area contributed by atoms with Gasteiger partial charge in [0.25, 0.3) is 0 Å². The van der Waals surface area contributed by atoms with Crippen molar-refractivity contribution in [1.82, 2.24) is 4.57 Å². The monoisotopic (exact) mass is 181 g/mol. The average molecular weight is 181 g/mol. The molecule has 4 heteroatoms. The number of hydrogen-bond acceptors (Lipinski definition) is 2. The Morgan fingerprint density at radius 2 is 2.42 bits per heavy atom. The summed E-state index contributed by atoms with van der Waals surface area (Å²) in [6, 6.07) is 3.62. The fourth-order valence-electron chi connectivity index (χ4n) is 1.16. The summed E-state index contributed by atoms with van der Waals surface area (Å²) in [5, 5.41) is 8.70. The van der Waals surface area contributed by atoms with E-state index in [-0.39, 0.29) is 0 Å². The Kier molecular flexibility index (Phi) is 1.44. The second-order valence-electron chi connectivity index (χ2n) is 2.59. The summed E-state index contributed by atoms with van der Waals surface area (Å²) in [6.07, 6.45) is 1.92. The van der Waals surface area contributed by atoms with Gasteiger partial charge in [0.15, 0.2) is 0 Å². The quantitative estimate of drug-likeness (QED) is 0.730. The van der Waals surface area contributed by atoms with Crippen molar-refractivity contribution in [2.75, 3.05) is 0 Å². The molecule has 1 N–H and O–H groups in total. The Morgan fingerprint density at radius 1 is 1.67 bits per heavy atom. The fraction of sp³-hybridized carbons (Fsp3) is 0.125. The van der Waals surface area contributed by atoms with Gasteiger partial charge >= 0.3 is 5.97 Å². The molecule has 0 aromatic carbocycles. The highest BCUT2D eigenvalue weighted by Crippen LogP contribution is 2.25. The van der Waals surface area contributed by atoms with Crippen LogP contribution in [0.25, 0.3) is 10.2 Å². The molecular weight excluding hydrogens is 174 g/mol. The molecule has 2 rings (SSSR count). The van der Waals surface area contributed by atoms with Crippen molar-refractivity contribution in [1.29, 1.82) is 0 Å². The number of fused-ring (bicyclic) bond motifs is 1. The smallest absolute Gasteiger partial charge is 0.345 e. The van der Waals surface area contributed by atoms with Crippen molar-refractivity contribution in [2.24, 2.45) is 7.05 Å². The van der Waals surface area contributed by atoms with E-state index in [1.807, 2.05) is 23.9 Å². The lowest BCUT2D eigenvalue weighted by Gasteiger charge is -1.87. The Hall–Kier alpha value is -1.29. The van der Waals surface area contributed by atoms with E-state index in [2.05, 4.69) is 0 Å². The van der Waals surface area contributed by atoms with Crippen molar-refractivity contribution in [3.05, 3.63) is 23.2 Å². The first-order valence-corrected chi connectivity index (χ1v) is 4.28. The molecule has 0 fully saturated rings. The third kappa shape index (κ3) is 0.921. The first kappa shape index (κ1) is 7.36. The molecule has 0 amide bonds. The number of hydrogen-bond donors (Lipinski definition) is 1. The molecule has 0 saturated carbocycles. The van der Waals surface area contributed by atoms with Crippen molar-refractivity contribution in [2.45, 2.75) is 0 Å². The van der Waals surface area contributed by atoms with Gasteiger partial charge in [-0.15, -0.1) is 11.3 Å². The zero-order valence-corrected chi connectivity index (χ0v) is 7.26. The van der Waals surface area contributed by atoms with Crippen LogP contribution in [0.4, 0.5) is 0 Å². The molecule has 62 valence electrons. The number of aromatic nitrogens is 1. The van der Waals surface area contributed by atoms with Crippen LogP contribution < -0.4 is 0 Å². The molecule has 0 spiro atoms. The molecule has 0 aliphatic heterocycles.